The Morgan fingerprint density at radius 2 is 2.10 bits per heavy atom. The molecule has 0 saturated heterocycles. The Morgan fingerprint density at radius 1 is 1.40 bits per heavy atom. The van der Waals surface area contributed by atoms with Gasteiger partial charge in [-0.2, -0.15) is 0 Å². The van der Waals surface area contributed by atoms with E-state index in [9.17, 15) is 18.5 Å². The van der Waals surface area contributed by atoms with Gasteiger partial charge in [-0.3, -0.25) is 10.1 Å². The Hall–Kier alpha value is -1.34. The minimum atomic E-state index is -3.46. The molecule has 0 radical (unpaired) electrons. The molecule has 0 fully saturated rings. The van der Waals surface area contributed by atoms with Gasteiger partial charge in [0.15, 0.2) is 0 Å². The van der Waals surface area contributed by atoms with E-state index in [1.165, 1.54) is 12.1 Å². The second kappa shape index (κ2) is 7.44. The van der Waals surface area contributed by atoms with Gasteiger partial charge in [0.25, 0.3) is 5.69 Å². The maximum atomic E-state index is 10.8. The first kappa shape index (κ1) is 16.7. The van der Waals surface area contributed by atoms with Gasteiger partial charge in [0, 0.05) is 16.7 Å². The van der Waals surface area contributed by atoms with E-state index in [1.807, 2.05) is 6.92 Å². The molecule has 0 aromatic heterocycles. The molecule has 1 atom stereocenters. The van der Waals surface area contributed by atoms with E-state index in [-0.39, 0.29) is 17.4 Å². The standard InChI is InChI=1S/C12H16ClNO5S/c1-10(6-8-20(13,17)18)5-7-19-12-4-2-3-11(9-12)14(15)16/h2-4,9-10H,5-8H2,1H3. The van der Waals surface area contributed by atoms with Crippen LogP contribution in [0, 0.1) is 16.0 Å². The molecular formula is C12H16ClNO5S. The molecule has 1 unspecified atom stereocenters. The predicted octanol–water partition coefficient (Wildman–Crippen LogP) is 2.96. The first-order valence-electron chi connectivity index (χ1n) is 6.07. The lowest BCUT2D eigenvalue weighted by atomic mass is 10.1. The molecule has 1 aromatic rings. The van der Waals surface area contributed by atoms with Crippen LogP contribution in [0.5, 0.6) is 5.75 Å². The fraction of sp³-hybridized carbons (Fsp3) is 0.500. The third-order valence-corrected chi connectivity index (χ3v) is 3.95. The molecule has 0 N–H and O–H groups in total. The van der Waals surface area contributed by atoms with Crippen LogP contribution in [-0.2, 0) is 9.05 Å². The first-order valence-corrected chi connectivity index (χ1v) is 8.55. The third kappa shape index (κ3) is 6.72. The van der Waals surface area contributed by atoms with E-state index in [1.54, 1.807) is 12.1 Å². The van der Waals surface area contributed by atoms with Crippen LogP contribution in [0.2, 0.25) is 0 Å². The molecule has 0 bridgehead atoms. The summed E-state index contributed by atoms with van der Waals surface area (Å²) in [6.07, 6.45) is 1.11. The van der Waals surface area contributed by atoms with Crippen molar-refractivity contribution in [2.45, 2.75) is 19.8 Å². The Balaban J connectivity index is 2.37. The molecule has 0 aliphatic carbocycles. The summed E-state index contributed by atoms with van der Waals surface area (Å²) in [7, 11) is 1.68. The van der Waals surface area contributed by atoms with Gasteiger partial charge in [0.1, 0.15) is 5.75 Å². The smallest absolute Gasteiger partial charge is 0.273 e. The fourth-order valence-electron chi connectivity index (χ4n) is 1.55. The lowest BCUT2D eigenvalue weighted by Gasteiger charge is -2.11. The number of hydrogen-bond acceptors (Lipinski definition) is 5. The summed E-state index contributed by atoms with van der Waals surface area (Å²) in [6, 6.07) is 5.94. The molecule has 1 rings (SSSR count). The van der Waals surface area contributed by atoms with E-state index in [4.69, 9.17) is 15.4 Å². The van der Waals surface area contributed by atoms with E-state index in [2.05, 4.69) is 0 Å². The molecule has 0 saturated carbocycles. The lowest BCUT2D eigenvalue weighted by Crippen LogP contribution is -2.08. The number of non-ortho nitro benzene ring substituents is 1. The second-order valence-corrected chi connectivity index (χ2v) is 7.42. The van der Waals surface area contributed by atoms with Crippen LogP contribution in [0.3, 0.4) is 0 Å². The summed E-state index contributed by atoms with van der Waals surface area (Å²) in [5.41, 5.74) is -0.0243. The van der Waals surface area contributed by atoms with E-state index >= 15 is 0 Å². The van der Waals surface area contributed by atoms with Crippen LogP contribution in [0.15, 0.2) is 24.3 Å². The van der Waals surface area contributed by atoms with Crippen molar-refractivity contribution in [1.29, 1.82) is 0 Å². The lowest BCUT2D eigenvalue weighted by molar-refractivity contribution is -0.384. The zero-order valence-corrected chi connectivity index (χ0v) is 12.6. The van der Waals surface area contributed by atoms with Crippen molar-refractivity contribution in [3.8, 4) is 5.75 Å². The number of rotatable bonds is 8. The molecule has 0 spiro atoms. The topological polar surface area (TPSA) is 86.5 Å². The SMILES string of the molecule is CC(CCOc1cccc([N+](=O)[O-])c1)CCS(=O)(=O)Cl. The molecule has 112 valence electrons. The Bertz CT molecular complexity index is 561. The zero-order valence-electron chi connectivity index (χ0n) is 11.0. The quantitative estimate of drug-likeness (QED) is 0.417. The average molecular weight is 322 g/mol. The average Bonchev–Trinajstić information content (AvgIpc) is 2.36. The molecule has 1 aromatic carbocycles. The Kier molecular flexibility index (Phi) is 6.22. The van der Waals surface area contributed by atoms with Gasteiger partial charge in [0.05, 0.1) is 23.3 Å². The monoisotopic (exact) mass is 321 g/mol. The van der Waals surface area contributed by atoms with Gasteiger partial charge >= 0.3 is 0 Å². The van der Waals surface area contributed by atoms with E-state index in [0.717, 1.165) is 0 Å². The first-order chi connectivity index (χ1) is 9.28. The van der Waals surface area contributed by atoms with Crippen LogP contribution >= 0.6 is 10.7 Å². The molecule has 20 heavy (non-hydrogen) atoms. The van der Waals surface area contributed by atoms with Gasteiger partial charge < -0.3 is 4.74 Å². The second-order valence-electron chi connectivity index (χ2n) is 4.53. The number of nitro groups is 1. The van der Waals surface area contributed by atoms with E-state index < -0.39 is 14.0 Å². The van der Waals surface area contributed by atoms with Gasteiger partial charge in [-0.15, -0.1) is 0 Å². The van der Waals surface area contributed by atoms with E-state index in [0.29, 0.717) is 25.2 Å². The largest absolute Gasteiger partial charge is 0.493 e. The van der Waals surface area contributed by atoms with Gasteiger partial charge in [-0.25, -0.2) is 8.42 Å². The number of ether oxygens (including phenoxy) is 1. The van der Waals surface area contributed by atoms with Crippen molar-refractivity contribution >= 4 is 25.4 Å². The molecule has 0 heterocycles. The molecule has 8 heteroatoms. The van der Waals surface area contributed by atoms with Crippen molar-refractivity contribution < 1.29 is 18.1 Å². The molecule has 0 aliphatic heterocycles. The summed E-state index contributed by atoms with van der Waals surface area (Å²) in [6.45, 7) is 2.27. The molecule has 6 nitrogen and oxygen atoms in total. The van der Waals surface area contributed by atoms with Gasteiger partial charge in [0.2, 0.25) is 9.05 Å². The van der Waals surface area contributed by atoms with Crippen molar-refractivity contribution in [2.75, 3.05) is 12.4 Å². The summed E-state index contributed by atoms with van der Waals surface area (Å²) in [5.74, 6) is 0.505. The number of hydrogen-bond donors (Lipinski definition) is 0. The zero-order chi connectivity index (χ0) is 15.2. The number of benzene rings is 1. The molecule has 0 amide bonds. The normalized spacial score (nSPS) is 12.9. The van der Waals surface area contributed by atoms with Gasteiger partial charge in [-0.05, 0) is 24.8 Å². The summed E-state index contributed by atoms with van der Waals surface area (Å²) >= 11 is 0. The summed E-state index contributed by atoms with van der Waals surface area (Å²) in [4.78, 5) is 10.1. The van der Waals surface area contributed by atoms with Crippen LogP contribution in [-0.4, -0.2) is 25.7 Å². The minimum Gasteiger partial charge on any atom is -0.493 e. The summed E-state index contributed by atoms with van der Waals surface area (Å²) in [5, 5.41) is 10.6. The number of halogens is 1. The van der Waals surface area contributed by atoms with Gasteiger partial charge in [-0.1, -0.05) is 13.0 Å². The minimum absolute atomic E-state index is 0.0243. The van der Waals surface area contributed by atoms with Crippen LogP contribution < -0.4 is 4.74 Å². The van der Waals surface area contributed by atoms with Crippen LogP contribution in [0.25, 0.3) is 0 Å². The van der Waals surface area contributed by atoms with Crippen LogP contribution in [0.4, 0.5) is 5.69 Å². The highest BCUT2D eigenvalue weighted by molar-refractivity contribution is 8.13. The third-order valence-electron chi connectivity index (χ3n) is 2.76. The molecular weight excluding hydrogens is 306 g/mol. The van der Waals surface area contributed by atoms with Crippen LogP contribution in [0.1, 0.15) is 19.8 Å². The van der Waals surface area contributed by atoms with Crippen molar-refractivity contribution in [1.82, 2.24) is 0 Å². The summed E-state index contributed by atoms with van der Waals surface area (Å²) < 4.78 is 27.0. The highest BCUT2D eigenvalue weighted by Crippen LogP contribution is 2.20. The van der Waals surface area contributed by atoms with Crippen molar-refractivity contribution in [3.05, 3.63) is 34.4 Å². The number of nitro benzene ring substituents is 1. The Labute approximate surface area is 122 Å². The Morgan fingerprint density at radius 3 is 2.70 bits per heavy atom. The maximum Gasteiger partial charge on any atom is 0.273 e. The van der Waals surface area contributed by atoms with Crippen molar-refractivity contribution in [2.24, 2.45) is 5.92 Å². The highest BCUT2D eigenvalue weighted by atomic mass is 35.7. The molecule has 0 aliphatic rings. The highest BCUT2D eigenvalue weighted by Gasteiger charge is 2.10. The predicted molar refractivity (Wildman–Crippen MR) is 76.6 cm³/mol. The maximum absolute atomic E-state index is 10.8. The fourth-order valence-corrected chi connectivity index (χ4v) is 2.50. The van der Waals surface area contributed by atoms with Crippen molar-refractivity contribution in [3.63, 3.8) is 0 Å². The number of nitrogens with zero attached hydrogens (tertiary/aromatic N) is 1.